The molecule has 3 aromatic rings. The van der Waals surface area contributed by atoms with Crippen molar-refractivity contribution in [3.8, 4) is 5.75 Å². The van der Waals surface area contributed by atoms with Crippen LogP contribution >= 0.6 is 35.0 Å². The van der Waals surface area contributed by atoms with Crippen molar-refractivity contribution in [3.05, 3.63) is 98.1 Å². The Labute approximate surface area is 221 Å². The molecule has 1 aliphatic heterocycles. The molecule has 0 spiro atoms. The van der Waals surface area contributed by atoms with Crippen LogP contribution in [0.1, 0.15) is 28.4 Å². The van der Waals surface area contributed by atoms with E-state index in [2.05, 4.69) is 4.99 Å². The minimum atomic E-state index is -1.03. The summed E-state index contributed by atoms with van der Waals surface area (Å²) >= 11 is 14.0. The first kappa shape index (κ1) is 25.8. The molecule has 3 aromatic carbocycles. The molecule has 0 saturated carbocycles. The van der Waals surface area contributed by atoms with Gasteiger partial charge in [0.2, 0.25) is 0 Å². The largest absolute Gasteiger partial charge is 0.486 e. The van der Waals surface area contributed by atoms with Crippen LogP contribution in [0.5, 0.6) is 5.75 Å². The Balaban J connectivity index is 1.55. The van der Waals surface area contributed by atoms with Crippen molar-refractivity contribution in [2.75, 3.05) is 6.54 Å². The number of carboxylic acid groups (broad SMARTS) is 1. The minimum absolute atomic E-state index is 0.0420. The number of aromatic carboxylic acids is 1. The van der Waals surface area contributed by atoms with E-state index in [4.69, 9.17) is 33.0 Å². The maximum Gasteiger partial charge on any atom is 0.335 e. The van der Waals surface area contributed by atoms with Crippen molar-refractivity contribution in [2.24, 2.45) is 4.99 Å². The highest BCUT2D eigenvalue weighted by molar-refractivity contribution is 8.18. The van der Waals surface area contributed by atoms with Gasteiger partial charge in [-0.05, 0) is 72.8 Å². The fourth-order valence-corrected chi connectivity index (χ4v) is 5.05. The van der Waals surface area contributed by atoms with Crippen molar-refractivity contribution in [1.82, 2.24) is 4.90 Å². The molecule has 1 N–H and O–H groups in total. The standard InChI is InChI=1S/C26H19Cl2FN2O4S/c1-2-31-24(32)22(36-26(31)30-18-9-7-16(8-10-18)25(33)34)13-15-11-19(27)23(20(28)12-15)35-14-17-5-3-4-6-21(17)29/h3-13H,2,14H2,1H3,(H,33,34). The summed E-state index contributed by atoms with van der Waals surface area (Å²) in [6.07, 6.45) is 1.66. The fourth-order valence-electron chi connectivity index (χ4n) is 3.38. The van der Waals surface area contributed by atoms with Gasteiger partial charge in [-0.25, -0.2) is 14.2 Å². The molecular formula is C26H19Cl2FN2O4S. The molecule has 184 valence electrons. The molecular weight excluding hydrogens is 526 g/mol. The first-order valence-electron chi connectivity index (χ1n) is 10.8. The number of nitrogens with zero attached hydrogens (tertiary/aromatic N) is 2. The molecule has 10 heteroatoms. The summed E-state index contributed by atoms with van der Waals surface area (Å²) in [6, 6.07) is 15.5. The average molecular weight is 545 g/mol. The molecule has 1 fully saturated rings. The first-order chi connectivity index (χ1) is 17.3. The average Bonchev–Trinajstić information content (AvgIpc) is 3.13. The van der Waals surface area contributed by atoms with E-state index in [1.54, 1.807) is 48.5 Å². The van der Waals surface area contributed by atoms with Gasteiger partial charge in [-0.3, -0.25) is 9.69 Å². The SMILES string of the molecule is CCN1C(=O)C(=Cc2cc(Cl)c(OCc3ccccc3F)c(Cl)c2)SC1=Nc1ccc(C(=O)O)cc1. The van der Waals surface area contributed by atoms with Crippen LogP contribution in [0.2, 0.25) is 10.0 Å². The summed E-state index contributed by atoms with van der Waals surface area (Å²) in [5.74, 6) is -1.42. The number of aliphatic imine (C=N–C) groups is 1. The smallest absolute Gasteiger partial charge is 0.335 e. The second kappa shape index (κ2) is 11.2. The van der Waals surface area contributed by atoms with E-state index < -0.39 is 11.8 Å². The van der Waals surface area contributed by atoms with E-state index in [0.29, 0.717) is 33.4 Å². The summed E-state index contributed by atoms with van der Waals surface area (Å²) in [4.78, 5) is 30.5. The number of hydrogen-bond donors (Lipinski definition) is 1. The number of likely N-dealkylation sites (N-methyl/N-ethyl adjacent to an activating group) is 1. The summed E-state index contributed by atoms with van der Waals surface area (Å²) < 4.78 is 19.5. The van der Waals surface area contributed by atoms with Gasteiger partial charge in [0, 0.05) is 12.1 Å². The second-order valence-corrected chi connectivity index (χ2v) is 9.42. The quantitative estimate of drug-likeness (QED) is 0.323. The van der Waals surface area contributed by atoms with E-state index in [9.17, 15) is 14.0 Å². The predicted molar refractivity (Wildman–Crippen MR) is 141 cm³/mol. The molecule has 0 atom stereocenters. The lowest BCUT2D eigenvalue weighted by Gasteiger charge is -2.12. The Bertz CT molecular complexity index is 1370. The second-order valence-electron chi connectivity index (χ2n) is 7.60. The van der Waals surface area contributed by atoms with Crippen molar-refractivity contribution in [1.29, 1.82) is 0 Å². The Morgan fingerprint density at radius 3 is 2.42 bits per heavy atom. The monoisotopic (exact) mass is 544 g/mol. The Morgan fingerprint density at radius 1 is 1.14 bits per heavy atom. The Morgan fingerprint density at radius 2 is 1.81 bits per heavy atom. The Kier molecular flexibility index (Phi) is 7.98. The highest BCUT2D eigenvalue weighted by Gasteiger charge is 2.32. The van der Waals surface area contributed by atoms with Crippen LogP contribution in [0.4, 0.5) is 10.1 Å². The zero-order valence-electron chi connectivity index (χ0n) is 18.9. The van der Waals surface area contributed by atoms with E-state index in [-0.39, 0.29) is 33.9 Å². The number of ether oxygens (including phenoxy) is 1. The van der Waals surface area contributed by atoms with Crippen LogP contribution in [0, 0.1) is 5.82 Å². The van der Waals surface area contributed by atoms with Crippen molar-refractivity contribution < 1.29 is 23.8 Å². The zero-order chi connectivity index (χ0) is 25.8. The van der Waals surface area contributed by atoms with Gasteiger partial charge in [0.1, 0.15) is 12.4 Å². The molecule has 0 bridgehead atoms. The third-order valence-electron chi connectivity index (χ3n) is 5.19. The predicted octanol–water partition coefficient (Wildman–Crippen LogP) is 7.03. The van der Waals surface area contributed by atoms with Crippen molar-refractivity contribution in [2.45, 2.75) is 13.5 Å². The van der Waals surface area contributed by atoms with E-state index in [1.165, 1.54) is 34.9 Å². The zero-order valence-corrected chi connectivity index (χ0v) is 21.2. The third-order valence-corrected chi connectivity index (χ3v) is 6.76. The summed E-state index contributed by atoms with van der Waals surface area (Å²) in [7, 11) is 0. The number of benzene rings is 3. The number of thioether (sulfide) groups is 1. The van der Waals surface area contributed by atoms with Crippen LogP contribution in [-0.2, 0) is 11.4 Å². The van der Waals surface area contributed by atoms with Crippen molar-refractivity contribution in [3.63, 3.8) is 0 Å². The lowest BCUT2D eigenvalue weighted by molar-refractivity contribution is -0.122. The number of amides is 1. The van der Waals surface area contributed by atoms with E-state index in [1.807, 2.05) is 6.92 Å². The molecule has 0 aliphatic carbocycles. The summed E-state index contributed by atoms with van der Waals surface area (Å²) in [5, 5.41) is 9.97. The van der Waals surface area contributed by atoms with Crippen LogP contribution < -0.4 is 4.74 Å². The Hall–Kier alpha value is -3.33. The number of rotatable bonds is 7. The molecule has 1 heterocycles. The van der Waals surface area contributed by atoms with Gasteiger partial charge in [0.05, 0.1) is 26.2 Å². The number of carboxylic acids is 1. The van der Waals surface area contributed by atoms with Gasteiger partial charge in [-0.2, -0.15) is 0 Å². The fraction of sp³-hybridized carbons (Fsp3) is 0.115. The molecule has 6 nitrogen and oxygen atoms in total. The molecule has 1 saturated heterocycles. The number of carbonyl (C=O) groups excluding carboxylic acids is 1. The summed E-state index contributed by atoms with van der Waals surface area (Å²) in [5.41, 5.74) is 1.63. The van der Waals surface area contributed by atoms with Gasteiger partial charge in [-0.1, -0.05) is 41.4 Å². The van der Waals surface area contributed by atoms with Crippen LogP contribution in [0.3, 0.4) is 0 Å². The first-order valence-corrected chi connectivity index (χ1v) is 12.3. The van der Waals surface area contributed by atoms with Crippen LogP contribution in [0.15, 0.2) is 70.6 Å². The molecule has 1 amide bonds. The van der Waals surface area contributed by atoms with Crippen LogP contribution in [-0.4, -0.2) is 33.6 Å². The molecule has 4 rings (SSSR count). The van der Waals surface area contributed by atoms with Gasteiger partial charge >= 0.3 is 5.97 Å². The maximum atomic E-state index is 13.9. The topological polar surface area (TPSA) is 79.2 Å². The molecule has 0 aromatic heterocycles. The third kappa shape index (κ3) is 5.73. The van der Waals surface area contributed by atoms with Gasteiger partial charge in [0.25, 0.3) is 5.91 Å². The van der Waals surface area contributed by atoms with Gasteiger partial charge in [0.15, 0.2) is 10.9 Å². The van der Waals surface area contributed by atoms with E-state index >= 15 is 0 Å². The van der Waals surface area contributed by atoms with Gasteiger partial charge in [-0.15, -0.1) is 0 Å². The number of hydrogen-bond acceptors (Lipinski definition) is 5. The summed E-state index contributed by atoms with van der Waals surface area (Å²) in [6.45, 7) is 2.19. The van der Waals surface area contributed by atoms with Gasteiger partial charge < -0.3 is 9.84 Å². The molecule has 0 unspecified atom stereocenters. The normalized spacial score (nSPS) is 15.7. The number of amidine groups is 1. The lowest BCUT2D eigenvalue weighted by Crippen LogP contribution is -2.28. The minimum Gasteiger partial charge on any atom is -0.486 e. The molecule has 36 heavy (non-hydrogen) atoms. The number of carbonyl (C=O) groups is 2. The lowest BCUT2D eigenvalue weighted by atomic mass is 10.2. The molecule has 0 radical (unpaired) electrons. The molecule has 1 aliphatic rings. The van der Waals surface area contributed by atoms with Crippen molar-refractivity contribution >= 4 is 63.8 Å². The van der Waals surface area contributed by atoms with Crippen LogP contribution in [0.25, 0.3) is 6.08 Å². The highest BCUT2D eigenvalue weighted by Crippen LogP contribution is 2.38. The maximum absolute atomic E-state index is 13.9. The van der Waals surface area contributed by atoms with E-state index in [0.717, 1.165) is 0 Å². The number of halogens is 3. The highest BCUT2D eigenvalue weighted by atomic mass is 35.5.